The summed E-state index contributed by atoms with van der Waals surface area (Å²) in [6, 6.07) is 4.77. The molecule has 0 bridgehead atoms. The number of hydrogen-bond acceptors (Lipinski definition) is 6. The van der Waals surface area contributed by atoms with Gasteiger partial charge < -0.3 is 15.2 Å². The maximum absolute atomic E-state index is 11.6. The van der Waals surface area contributed by atoms with Crippen molar-refractivity contribution in [3.05, 3.63) is 23.8 Å². The molecule has 1 aromatic carbocycles. The van der Waals surface area contributed by atoms with E-state index >= 15 is 0 Å². The summed E-state index contributed by atoms with van der Waals surface area (Å²) in [4.78, 5) is 33.1. The summed E-state index contributed by atoms with van der Waals surface area (Å²) < 4.78 is 10.4. The van der Waals surface area contributed by atoms with Gasteiger partial charge in [0.25, 0.3) is 0 Å². The number of carbonyl (C=O) groups is 3. The Hall–Kier alpha value is -2.90. The van der Waals surface area contributed by atoms with E-state index in [0.717, 1.165) is 12.8 Å². The molecule has 0 heterocycles. The number of nitrogens with one attached hydrogen (secondary N) is 1. The minimum Gasteiger partial charge on any atom is -0.493 e. The van der Waals surface area contributed by atoms with Crippen LogP contribution < -0.4 is 20.6 Å². The second-order valence-corrected chi connectivity index (χ2v) is 4.67. The zero-order valence-electron chi connectivity index (χ0n) is 11.9. The average molecular weight is 305 g/mol. The molecule has 8 heteroatoms. The Morgan fingerprint density at radius 2 is 2.05 bits per heavy atom. The summed E-state index contributed by atoms with van der Waals surface area (Å²) in [6.07, 6.45) is 3.01. The van der Waals surface area contributed by atoms with E-state index in [4.69, 9.17) is 15.2 Å². The smallest absolute Gasteiger partial charge is 0.329 e. The van der Waals surface area contributed by atoms with Crippen LogP contribution in [-0.2, 0) is 14.4 Å². The molecule has 1 aliphatic rings. The lowest BCUT2D eigenvalue weighted by molar-refractivity contribution is -0.137. The molecular weight excluding hydrogens is 290 g/mol. The molecule has 116 valence electrons. The summed E-state index contributed by atoms with van der Waals surface area (Å²) >= 11 is 0. The molecule has 0 aromatic heterocycles. The number of hydrazone groups is 1. The SMILES string of the molecule is COc1cc(/C=N\NC(=O)C(N)=O)ccc1OC(=O)C1CC1. The van der Waals surface area contributed by atoms with Crippen molar-refractivity contribution in [3.8, 4) is 11.5 Å². The van der Waals surface area contributed by atoms with Gasteiger partial charge in [0.2, 0.25) is 0 Å². The fraction of sp³-hybridized carbons (Fsp3) is 0.286. The second kappa shape index (κ2) is 6.70. The first-order valence-corrected chi connectivity index (χ1v) is 6.54. The largest absolute Gasteiger partial charge is 0.493 e. The van der Waals surface area contributed by atoms with Gasteiger partial charge in [-0.2, -0.15) is 5.10 Å². The number of carbonyl (C=O) groups excluding carboxylic acids is 3. The molecule has 0 spiro atoms. The molecule has 1 saturated carbocycles. The highest BCUT2D eigenvalue weighted by molar-refractivity contribution is 6.34. The van der Waals surface area contributed by atoms with Crippen molar-refractivity contribution in [3.63, 3.8) is 0 Å². The van der Waals surface area contributed by atoms with Crippen molar-refractivity contribution in [1.82, 2.24) is 5.43 Å². The zero-order chi connectivity index (χ0) is 16.1. The molecule has 22 heavy (non-hydrogen) atoms. The summed E-state index contributed by atoms with van der Waals surface area (Å²) in [6.45, 7) is 0. The van der Waals surface area contributed by atoms with E-state index in [-0.39, 0.29) is 11.9 Å². The van der Waals surface area contributed by atoms with Gasteiger partial charge in [-0.3, -0.25) is 14.4 Å². The van der Waals surface area contributed by atoms with Gasteiger partial charge in [0.05, 0.1) is 19.2 Å². The van der Waals surface area contributed by atoms with Gasteiger partial charge in [-0.1, -0.05) is 0 Å². The first kappa shape index (κ1) is 15.5. The van der Waals surface area contributed by atoms with E-state index in [1.54, 1.807) is 18.2 Å². The first-order valence-electron chi connectivity index (χ1n) is 6.54. The van der Waals surface area contributed by atoms with Crippen LogP contribution in [-0.4, -0.2) is 31.1 Å². The molecular formula is C14H15N3O5. The highest BCUT2D eigenvalue weighted by Gasteiger charge is 2.32. The number of rotatable bonds is 5. The highest BCUT2D eigenvalue weighted by atomic mass is 16.6. The van der Waals surface area contributed by atoms with Crippen LogP contribution in [0.4, 0.5) is 0 Å². The van der Waals surface area contributed by atoms with Crippen LogP contribution in [0.15, 0.2) is 23.3 Å². The first-order chi connectivity index (χ1) is 10.5. The maximum atomic E-state index is 11.6. The molecule has 0 saturated heterocycles. The van der Waals surface area contributed by atoms with Gasteiger partial charge in [-0.15, -0.1) is 0 Å². The Labute approximate surface area is 126 Å². The number of benzene rings is 1. The topological polar surface area (TPSA) is 120 Å². The van der Waals surface area contributed by atoms with E-state index in [1.165, 1.54) is 13.3 Å². The lowest BCUT2D eigenvalue weighted by atomic mass is 10.2. The standard InChI is InChI=1S/C14H15N3O5/c1-21-11-6-8(7-16-17-13(19)12(15)18)2-5-10(11)22-14(20)9-3-4-9/h2,5-7,9H,3-4H2,1H3,(H2,15,18)(H,17,19)/b16-7-. The number of ether oxygens (including phenoxy) is 2. The van der Waals surface area contributed by atoms with Crippen LogP contribution in [0.25, 0.3) is 0 Å². The van der Waals surface area contributed by atoms with E-state index in [9.17, 15) is 14.4 Å². The fourth-order valence-electron chi connectivity index (χ4n) is 1.58. The molecule has 0 atom stereocenters. The number of primary amides is 1. The van der Waals surface area contributed by atoms with E-state index in [2.05, 4.69) is 5.10 Å². The molecule has 1 fully saturated rings. The predicted molar refractivity (Wildman–Crippen MR) is 76.3 cm³/mol. The molecule has 3 N–H and O–H groups in total. The van der Waals surface area contributed by atoms with Crippen molar-refractivity contribution >= 4 is 24.0 Å². The Balaban J connectivity index is 2.04. The van der Waals surface area contributed by atoms with Crippen LogP contribution >= 0.6 is 0 Å². The normalized spacial score (nSPS) is 13.7. The van der Waals surface area contributed by atoms with Crippen molar-refractivity contribution in [1.29, 1.82) is 0 Å². The summed E-state index contributed by atoms with van der Waals surface area (Å²) in [5.74, 6) is -1.75. The highest BCUT2D eigenvalue weighted by Crippen LogP contribution is 2.33. The Morgan fingerprint density at radius 3 is 2.64 bits per heavy atom. The number of methoxy groups -OCH3 is 1. The molecule has 1 aromatic rings. The van der Waals surface area contributed by atoms with Crippen LogP contribution in [0.2, 0.25) is 0 Å². The van der Waals surface area contributed by atoms with E-state index < -0.39 is 11.8 Å². The minimum absolute atomic E-state index is 0.0186. The van der Waals surface area contributed by atoms with Crippen molar-refractivity contribution in [2.45, 2.75) is 12.8 Å². The molecule has 8 nitrogen and oxygen atoms in total. The third kappa shape index (κ3) is 4.05. The molecule has 0 radical (unpaired) electrons. The van der Waals surface area contributed by atoms with Gasteiger partial charge in [0.1, 0.15) is 0 Å². The molecule has 2 rings (SSSR count). The van der Waals surface area contributed by atoms with Crippen molar-refractivity contribution in [2.75, 3.05) is 7.11 Å². The zero-order valence-corrected chi connectivity index (χ0v) is 11.9. The second-order valence-electron chi connectivity index (χ2n) is 4.67. The monoisotopic (exact) mass is 305 g/mol. The Kier molecular flexibility index (Phi) is 4.72. The van der Waals surface area contributed by atoms with Crippen LogP contribution in [0.3, 0.4) is 0 Å². The lowest BCUT2D eigenvalue weighted by Crippen LogP contribution is -2.32. The van der Waals surface area contributed by atoms with Crippen molar-refractivity contribution < 1.29 is 23.9 Å². The van der Waals surface area contributed by atoms with Crippen LogP contribution in [0.5, 0.6) is 11.5 Å². The third-order valence-electron chi connectivity index (χ3n) is 2.91. The Bertz CT molecular complexity index is 637. The fourth-order valence-corrected chi connectivity index (χ4v) is 1.58. The summed E-state index contributed by atoms with van der Waals surface area (Å²) in [5, 5.41) is 3.58. The summed E-state index contributed by atoms with van der Waals surface area (Å²) in [7, 11) is 1.44. The summed E-state index contributed by atoms with van der Waals surface area (Å²) in [5.41, 5.74) is 7.31. The van der Waals surface area contributed by atoms with Gasteiger partial charge in [0.15, 0.2) is 11.5 Å². The van der Waals surface area contributed by atoms with Crippen LogP contribution in [0, 0.1) is 5.92 Å². The predicted octanol–water partition coefficient (Wildman–Crippen LogP) is -0.0540. The van der Waals surface area contributed by atoms with Gasteiger partial charge in [-0.25, -0.2) is 5.43 Å². The molecule has 0 aliphatic heterocycles. The third-order valence-corrected chi connectivity index (χ3v) is 2.91. The number of esters is 1. The van der Waals surface area contributed by atoms with Gasteiger partial charge in [-0.05, 0) is 36.6 Å². The quantitative estimate of drug-likeness (QED) is 0.260. The van der Waals surface area contributed by atoms with Crippen molar-refractivity contribution in [2.24, 2.45) is 16.8 Å². The molecule has 0 unspecified atom stereocenters. The number of nitrogens with zero attached hydrogens (tertiary/aromatic N) is 1. The van der Waals surface area contributed by atoms with Crippen LogP contribution in [0.1, 0.15) is 18.4 Å². The van der Waals surface area contributed by atoms with Gasteiger partial charge >= 0.3 is 17.8 Å². The minimum atomic E-state index is -1.13. The molecule has 2 amide bonds. The molecule has 1 aliphatic carbocycles. The lowest BCUT2D eigenvalue weighted by Gasteiger charge is -2.09. The Morgan fingerprint density at radius 1 is 1.32 bits per heavy atom. The average Bonchev–Trinajstić information content (AvgIpc) is 3.33. The number of amides is 2. The number of hydrogen-bond donors (Lipinski definition) is 2. The van der Waals surface area contributed by atoms with E-state index in [1.807, 2.05) is 5.43 Å². The maximum Gasteiger partial charge on any atom is 0.329 e. The van der Waals surface area contributed by atoms with Gasteiger partial charge in [0, 0.05) is 0 Å². The van der Waals surface area contributed by atoms with E-state index in [0.29, 0.717) is 17.1 Å². The number of nitrogens with two attached hydrogens (primary N) is 1.